The molecular weight excluding hydrogens is 372 g/mol. The van der Waals surface area contributed by atoms with Gasteiger partial charge in [-0.1, -0.05) is 41.6 Å². The van der Waals surface area contributed by atoms with Gasteiger partial charge in [0.1, 0.15) is 5.76 Å². The monoisotopic (exact) mass is 390 g/mol. The van der Waals surface area contributed by atoms with Gasteiger partial charge in [-0.15, -0.1) is 10.2 Å². The zero-order valence-corrected chi connectivity index (χ0v) is 16.3. The predicted molar refractivity (Wildman–Crippen MR) is 102 cm³/mol. The van der Waals surface area contributed by atoms with Crippen LogP contribution in [0.1, 0.15) is 24.3 Å². The number of aromatic nitrogens is 3. The fourth-order valence-electron chi connectivity index (χ4n) is 2.61. The number of furan rings is 1. The molecule has 0 fully saturated rings. The van der Waals surface area contributed by atoms with Crippen molar-refractivity contribution in [1.82, 2.24) is 20.1 Å². The first-order valence-electron chi connectivity index (χ1n) is 8.07. The number of thioether (sulfide) groups is 1. The molecule has 0 saturated carbocycles. The molecule has 3 aromatic rings. The predicted octanol–water partition coefficient (Wildman–Crippen LogP) is 4.01. The molecular formula is C18H19ClN4O2S. The van der Waals surface area contributed by atoms with E-state index in [-0.39, 0.29) is 17.7 Å². The lowest BCUT2D eigenvalue weighted by atomic mass is 10.1. The Hall–Kier alpha value is -2.25. The largest absolute Gasteiger partial charge is 0.469 e. The minimum Gasteiger partial charge on any atom is -0.469 e. The fourth-order valence-corrected chi connectivity index (χ4v) is 3.63. The highest BCUT2D eigenvalue weighted by molar-refractivity contribution is 7.99. The smallest absolute Gasteiger partial charge is 0.230 e. The first kappa shape index (κ1) is 18.5. The van der Waals surface area contributed by atoms with E-state index in [9.17, 15) is 4.79 Å². The highest BCUT2D eigenvalue weighted by Crippen LogP contribution is 2.26. The molecule has 0 aliphatic carbocycles. The summed E-state index contributed by atoms with van der Waals surface area (Å²) in [6, 6.07) is 9.17. The van der Waals surface area contributed by atoms with E-state index in [2.05, 4.69) is 15.5 Å². The van der Waals surface area contributed by atoms with Crippen molar-refractivity contribution in [3.05, 3.63) is 52.9 Å². The van der Waals surface area contributed by atoms with Crippen LogP contribution in [0, 0.1) is 6.92 Å². The molecule has 0 radical (unpaired) electrons. The van der Waals surface area contributed by atoms with Crippen molar-refractivity contribution in [2.24, 2.45) is 7.05 Å². The fraction of sp³-hybridized carbons (Fsp3) is 0.278. The van der Waals surface area contributed by atoms with E-state index in [0.717, 1.165) is 16.9 Å². The number of hydrogen-bond acceptors (Lipinski definition) is 5. The minimum absolute atomic E-state index is 0.0912. The second-order valence-corrected chi connectivity index (χ2v) is 7.20. The second-order valence-electron chi connectivity index (χ2n) is 5.86. The summed E-state index contributed by atoms with van der Waals surface area (Å²) >= 11 is 7.51. The molecule has 1 aromatic carbocycles. The molecule has 2 heterocycles. The summed E-state index contributed by atoms with van der Waals surface area (Å²) < 4.78 is 7.17. The van der Waals surface area contributed by atoms with Crippen LogP contribution in [0.25, 0.3) is 11.4 Å². The zero-order chi connectivity index (χ0) is 18.7. The van der Waals surface area contributed by atoms with E-state index in [1.54, 1.807) is 6.26 Å². The van der Waals surface area contributed by atoms with Crippen LogP contribution < -0.4 is 5.32 Å². The molecule has 1 amide bonds. The van der Waals surface area contributed by atoms with E-state index in [1.165, 1.54) is 11.8 Å². The lowest BCUT2D eigenvalue weighted by molar-refractivity contribution is -0.119. The number of aryl methyl sites for hydroxylation is 1. The summed E-state index contributed by atoms with van der Waals surface area (Å²) in [4.78, 5) is 12.3. The maximum absolute atomic E-state index is 12.3. The van der Waals surface area contributed by atoms with Gasteiger partial charge < -0.3 is 14.3 Å². The first-order chi connectivity index (χ1) is 12.5. The van der Waals surface area contributed by atoms with Crippen LogP contribution in [0.3, 0.4) is 0 Å². The topological polar surface area (TPSA) is 72.9 Å². The van der Waals surface area contributed by atoms with Crippen LogP contribution in [0.5, 0.6) is 0 Å². The third kappa shape index (κ3) is 3.94. The van der Waals surface area contributed by atoms with Crippen LogP contribution in [0.15, 0.2) is 46.2 Å². The third-order valence-corrected chi connectivity index (χ3v) is 5.38. The van der Waals surface area contributed by atoms with Crippen LogP contribution in [0.2, 0.25) is 5.02 Å². The van der Waals surface area contributed by atoms with Crippen molar-refractivity contribution >= 4 is 29.3 Å². The normalized spacial score (nSPS) is 12.2. The van der Waals surface area contributed by atoms with Gasteiger partial charge in [-0.2, -0.15) is 0 Å². The number of rotatable bonds is 6. The van der Waals surface area contributed by atoms with Gasteiger partial charge in [-0.3, -0.25) is 4.79 Å². The number of halogens is 1. The van der Waals surface area contributed by atoms with E-state index in [1.807, 2.05) is 55.8 Å². The number of nitrogens with one attached hydrogen (secondary N) is 1. The molecule has 0 bridgehead atoms. The second kappa shape index (κ2) is 7.97. The maximum Gasteiger partial charge on any atom is 0.230 e. The SMILES string of the molecule is Cc1occc1-c1nnc(SCC(=O)N[C@@H](C)c2ccccc2Cl)n1C. The van der Waals surface area contributed by atoms with Gasteiger partial charge in [0.2, 0.25) is 5.91 Å². The van der Waals surface area contributed by atoms with E-state index in [0.29, 0.717) is 16.0 Å². The Bertz CT molecular complexity index is 922. The van der Waals surface area contributed by atoms with Crippen molar-refractivity contribution in [3.63, 3.8) is 0 Å². The number of carbonyl (C=O) groups excluding carboxylic acids is 1. The summed E-state index contributed by atoms with van der Waals surface area (Å²) in [6.45, 7) is 3.78. The molecule has 1 atom stereocenters. The van der Waals surface area contributed by atoms with Crippen LogP contribution in [0.4, 0.5) is 0 Å². The molecule has 26 heavy (non-hydrogen) atoms. The Kier molecular flexibility index (Phi) is 5.68. The van der Waals surface area contributed by atoms with Crippen molar-refractivity contribution in [2.45, 2.75) is 25.0 Å². The van der Waals surface area contributed by atoms with E-state index < -0.39 is 0 Å². The highest BCUT2D eigenvalue weighted by Gasteiger charge is 2.17. The quantitative estimate of drug-likeness (QED) is 0.644. The molecule has 2 aromatic heterocycles. The zero-order valence-electron chi connectivity index (χ0n) is 14.7. The molecule has 136 valence electrons. The molecule has 0 aliphatic rings. The standard InChI is InChI=1S/C18H19ClN4O2S/c1-11(13-6-4-5-7-15(13)19)20-16(24)10-26-18-22-21-17(23(18)3)14-8-9-25-12(14)2/h4-9,11H,10H2,1-3H3,(H,20,24)/t11-/m0/s1. The average molecular weight is 391 g/mol. The van der Waals surface area contributed by atoms with Crippen molar-refractivity contribution in [2.75, 3.05) is 5.75 Å². The Balaban J connectivity index is 1.61. The van der Waals surface area contributed by atoms with Gasteiger partial charge in [0.05, 0.1) is 23.6 Å². The van der Waals surface area contributed by atoms with Crippen molar-refractivity contribution < 1.29 is 9.21 Å². The minimum atomic E-state index is -0.166. The van der Waals surface area contributed by atoms with Crippen LogP contribution in [-0.2, 0) is 11.8 Å². The Morgan fingerprint density at radius 3 is 2.81 bits per heavy atom. The summed E-state index contributed by atoms with van der Waals surface area (Å²) in [5, 5.41) is 12.6. The summed E-state index contributed by atoms with van der Waals surface area (Å²) in [7, 11) is 1.87. The molecule has 8 heteroatoms. The molecule has 0 unspecified atom stereocenters. The van der Waals surface area contributed by atoms with E-state index >= 15 is 0 Å². The van der Waals surface area contributed by atoms with Gasteiger partial charge in [0, 0.05) is 12.1 Å². The number of hydrogen-bond donors (Lipinski definition) is 1. The number of amides is 1. The van der Waals surface area contributed by atoms with Gasteiger partial charge >= 0.3 is 0 Å². The van der Waals surface area contributed by atoms with Gasteiger partial charge in [0.25, 0.3) is 0 Å². The van der Waals surface area contributed by atoms with Gasteiger partial charge in [-0.25, -0.2) is 0 Å². The Labute approximate surface area is 160 Å². The Morgan fingerprint density at radius 1 is 1.35 bits per heavy atom. The van der Waals surface area contributed by atoms with Crippen molar-refractivity contribution in [1.29, 1.82) is 0 Å². The molecule has 0 spiro atoms. The average Bonchev–Trinajstić information content (AvgIpc) is 3.18. The number of benzene rings is 1. The van der Waals surface area contributed by atoms with Crippen LogP contribution in [-0.4, -0.2) is 26.4 Å². The van der Waals surface area contributed by atoms with Gasteiger partial charge in [0.15, 0.2) is 11.0 Å². The highest BCUT2D eigenvalue weighted by atomic mass is 35.5. The number of nitrogens with zero attached hydrogens (tertiary/aromatic N) is 3. The molecule has 3 rings (SSSR count). The molecule has 1 N–H and O–H groups in total. The van der Waals surface area contributed by atoms with Crippen molar-refractivity contribution in [3.8, 4) is 11.4 Å². The van der Waals surface area contributed by atoms with E-state index in [4.69, 9.17) is 16.0 Å². The third-order valence-electron chi connectivity index (χ3n) is 4.02. The summed E-state index contributed by atoms with van der Waals surface area (Å²) in [5.41, 5.74) is 1.78. The first-order valence-corrected chi connectivity index (χ1v) is 9.44. The molecule has 6 nitrogen and oxygen atoms in total. The molecule has 0 saturated heterocycles. The lowest BCUT2D eigenvalue weighted by Crippen LogP contribution is -2.28. The maximum atomic E-state index is 12.3. The molecule has 0 aliphatic heterocycles. The summed E-state index contributed by atoms with van der Waals surface area (Å²) in [5.74, 6) is 1.64. The number of carbonyl (C=O) groups is 1. The lowest BCUT2D eigenvalue weighted by Gasteiger charge is -2.15. The van der Waals surface area contributed by atoms with Crippen LogP contribution >= 0.6 is 23.4 Å². The summed E-state index contributed by atoms with van der Waals surface area (Å²) in [6.07, 6.45) is 1.62. The van der Waals surface area contributed by atoms with Gasteiger partial charge in [-0.05, 0) is 31.5 Å². The Morgan fingerprint density at radius 2 is 2.12 bits per heavy atom.